The van der Waals surface area contributed by atoms with Crippen LogP contribution in [-0.4, -0.2) is 27.7 Å². The molecule has 4 nitrogen and oxygen atoms in total. The van der Waals surface area contributed by atoms with Crippen LogP contribution in [0.4, 0.5) is 0 Å². The molecule has 2 heterocycles. The van der Waals surface area contributed by atoms with Gasteiger partial charge in [-0.25, -0.2) is 4.98 Å². The van der Waals surface area contributed by atoms with Gasteiger partial charge in [0.05, 0.1) is 18.2 Å². The molecule has 2 N–H and O–H groups in total. The Hall–Kier alpha value is -1.55. The van der Waals surface area contributed by atoms with Crippen molar-refractivity contribution < 1.29 is 0 Å². The van der Waals surface area contributed by atoms with Gasteiger partial charge in [-0.1, -0.05) is 0 Å². The predicted octanol–water partition coefficient (Wildman–Crippen LogP) is 0.468. The third-order valence-electron chi connectivity index (χ3n) is 2.07. The lowest BCUT2D eigenvalue weighted by molar-refractivity contribution is 0.389. The molecule has 1 aromatic heterocycles. The fourth-order valence-corrected chi connectivity index (χ4v) is 1.24. The van der Waals surface area contributed by atoms with E-state index in [0.717, 1.165) is 5.70 Å². The van der Waals surface area contributed by atoms with E-state index in [9.17, 15) is 0 Å². The second kappa shape index (κ2) is 3.06. The van der Waals surface area contributed by atoms with Crippen molar-refractivity contribution in [2.45, 2.75) is 6.17 Å². The predicted molar refractivity (Wildman–Crippen MR) is 51.4 cm³/mol. The molecule has 0 radical (unpaired) electrons. The molecule has 0 aliphatic carbocycles. The summed E-state index contributed by atoms with van der Waals surface area (Å²) in [6.07, 6.45) is 11.3. The van der Waals surface area contributed by atoms with Crippen LogP contribution < -0.4 is 5.73 Å². The molecule has 1 atom stereocenters. The fraction of sp³-hybridized carbons (Fsp3) is 0.222. The molecule has 0 saturated carbocycles. The quantitative estimate of drug-likeness (QED) is 0.676. The Morgan fingerprint density at radius 2 is 2.38 bits per heavy atom. The van der Waals surface area contributed by atoms with E-state index in [1.54, 1.807) is 12.5 Å². The third-order valence-corrected chi connectivity index (χ3v) is 2.07. The highest BCUT2D eigenvalue weighted by Crippen LogP contribution is 2.12. The third kappa shape index (κ3) is 1.48. The van der Waals surface area contributed by atoms with Crippen LogP contribution in [0.5, 0.6) is 0 Å². The summed E-state index contributed by atoms with van der Waals surface area (Å²) in [6.45, 7) is 0. The minimum absolute atomic E-state index is 0.0210. The number of likely N-dealkylation sites (N-methyl/N-ethyl adjacent to an activating group) is 1. The molecule has 13 heavy (non-hydrogen) atoms. The van der Waals surface area contributed by atoms with E-state index in [0.29, 0.717) is 0 Å². The average Bonchev–Trinajstić information content (AvgIpc) is 2.62. The number of hydrogen-bond donors (Lipinski definition) is 1. The smallest absolute Gasteiger partial charge is 0.0992 e. The maximum absolute atomic E-state index is 5.76. The van der Waals surface area contributed by atoms with Crippen molar-refractivity contribution in [2.75, 3.05) is 7.05 Å². The van der Waals surface area contributed by atoms with Gasteiger partial charge in [-0.2, -0.15) is 0 Å². The van der Waals surface area contributed by atoms with Gasteiger partial charge in [-0.3, -0.25) is 0 Å². The van der Waals surface area contributed by atoms with E-state index in [4.69, 9.17) is 5.73 Å². The standard InChI is InChI=1S/C9H12N4/c1-12-6-8(2-3-9(12)10)13-5-4-11-7-13/h2-7,9H,10H2,1H3. The topological polar surface area (TPSA) is 47.1 Å². The van der Waals surface area contributed by atoms with Crippen molar-refractivity contribution in [1.29, 1.82) is 0 Å². The molecule has 0 aromatic carbocycles. The zero-order valence-electron chi connectivity index (χ0n) is 7.46. The van der Waals surface area contributed by atoms with Gasteiger partial charge >= 0.3 is 0 Å². The zero-order valence-corrected chi connectivity index (χ0v) is 7.46. The van der Waals surface area contributed by atoms with Crippen LogP contribution in [0.25, 0.3) is 5.70 Å². The number of nitrogens with zero attached hydrogens (tertiary/aromatic N) is 3. The van der Waals surface area contributed by atoms with Crippen molar-refractivity contribution in [3.63, 3.8) is 0 Å². The number of hydrogen-bond acceptors (Lipinski definition) is 3. The Balaban J connectivity index is 2.28. The molecule has 0 bridgehead atoms. The summed E-state index contributed by atoms with van der Waals surface area (Å²) in [5.74, 6) is 0. The Morgan fingerprint density at radius 1 is 1.54 bits per heavy atom. The molecule has 0 amide bonds. The Labute approximate surface area is 77.0 Å². The summed E-state index contributed by atoms with van der Waals surface area (Å²) in [5.41, 5.74) is 6.83. The second-order valence-electron chi connectivity index (χ2n) is 3.04. The molecule has 0 spiro atoms. The fourth-order valence-electron chi connectivity index (χ4n) is 1.24. The summed E-state index contributed by atoms with van der Waals surface area (Å²) in [4.78, 5) is 5.93. The SMILES string of the molecule is CN1C=C(n2ccnc2)C=CC1N. The zero-order chi connectivity index (χ0) is 9.26. The minimum atomic E-state index is -0.0210. The molecule has 2 rings (SSSR count). The molecule has 1 aliphatic heterocycles. The average molecular weight is 176 g/mol. The highest BCUT2D eigenvalue weighted by Gasteiger charge is 2.08. The van der Waals surface area contributed by atoms with Crippen LogP contribution in [0.2, 0.25) is 0 Å². The number of aromatic nitrogens is 2. The molecular formula is C9H12N4. The molecule has 1 unspecified atom stereocenters. The largest absolute Gasteiger partial charge is 0.360 e. The van der Waals surface area contributed by atoms with E-state index < -0.39 is 0 Å². The van der Waals surface area contributed by atoms with Crippen LogP contribution >= 0.6 is 0 Å². The van der Waals surface area contributed by atoms with Crippen LogP contribution in [0.3, 0.4) is 0 Å². The number of allylic oxidation sites excluding steroid dienone is 2. The lowest BCUT2D eigenvalue weighted by Gasteiger charge is -2.24. The van der Waals surface area contributed by atoms with Gasteiger partial charge in [-0.05, 0) is 12.2 Å². The van der Waals surface area contributed by atoms with Crippen molar-refractivity contribution in [1.82, 2.24) is 14.5 Å². The van der Waals surface area contributed by atoms with E-state index in [-0.39, 0.29) is 6.17 Å². The Bertz CT molecular complexity index is 337. The van der Waals surface area contributed by atoms with Gasteiger partial charge in [0.2, 0.25) is 0 Å². The van der Waals surface area contributed by atoms with Gasteiger partial charge in [0.25, 0.3) is 0 Å². The van der Waals surface area contributed by atoms with E-state index in [1.807, 2.05) is 41.1 Å². The van der Waals surface area contributed by atoms with Gasteiger partial charge in [-0.15, -0.1) is 0 Å². The lowest BCUT2D eigenvalue weighted by Crippen LogP contribution is -2.35. The van der Waals surface area contributed by atoms with Gasteiger partial charge in [0, 0.05) is 25.6 Å². The molecule has 1 aromatic rings. The molecular weight excluding hydrogens is 164 g/mol. The van der Waals surface area contributed by atoms with Gasteiger partial charge in [0.15, 0.2) is 0 Å². The van der Waals surface area contributed by atoms with Crippen LogP contribution in [-0.2, 0) is 0 Å². The summed E-state index contributed by atoms with van der Waals surface area (Å²) in [5, 5.41) is 0. The van der Waals surface area contributed by atoms with Crippen LogP contribution in [0, 0.1) is 0 Å². The van der Waals surface area contributed by atoms with E-state index in [1.165, 1.54) is 0 Å². The first-order valence-electron chi connectivity index (χ1n) is 4.13. The van der Waals surface area contributed by atoms with E-state index >= 15 is 0 Å². The van der Waals surface area contributed by atoms with Gasteiger partial charge < -0.3 is 15.2 Å². The monoisotopic (exact) mass is 176 g/mol. The first-order valence-corrected chi connectivity index (χ1v) is 4.13. The van der Waals surface area contributed by atoms with E-state index in [2.05, 4.69) is 4.98 Å². The van der Waals surface area contributed by atoms with Crippen molar-refractivity contribution in [3.05, 3.63) is 37.1 Å². The minimum Gasteiger partial charge on any atom is -0.360 e. The second-order valence-corrected chi connectivity index (χ2v) is 3.04. The normalized spacial score (nSPS) is 21.8. The van der Waals surface area contributed by atoms with Crippen LogP contribution in [0.1, 0.15) is 0 Å². The number of imidazole rings is 1. The lowest BCUT2D eigenvalue weighted by atomic mass is 10.2. The maximum atomic E-state index is 5.76. The number of nitrogens with two attached hydrogens (primary N) is 1. The molecule has 1 aliphatic rings. The van der Waals surface area contributed by atoms with Crippen LogP contribution in [0.15, 0.2) is 37.1 Å². The first kappa shape index (κ1) is 8.07. The highest BCUT2D eigenvalue weighted by molar-refractivity contribution is 5.58. The molecule has 0 saturated heterocycles. The Morgan fingerprint density at radius 3 is 3.00 bits per heavy atom. The highest BCUT2D eigenvalue weighted by atomic mass is 15.2. The van der Waals surface area contributed by atoms with Crippen molar-refractivity contribution >= 4 is 5.70 Å². The van der Waals surface area contributed by atoms with Crippen molar-refractivity contribution in [2.24, 2.45) is 5.73 Å². The molecule has 0 fully saturated rings. The maximum Gasteiger partial charge on any atom is 0.0992 e. The summed E-state index contributed by atoms with van der Waals surface area (Å²) >= 11 is 0. The van der Waals surface area contributed by atoms with Gasteiger partial charge in [0.1, 0.15) is 0 Å². The van der Waals surface area contributed by atoms with Crippen molar-refractivity contribution in [3.8, 4) is 0 Å². The first-order chi connectivity index (χ1) is 6.27. The summed E-state index contributed by atoms with van der Waals surface area (Å²) in [7, 11) is 1.95. The summed E-state index contributed by atoms with van der Waals surface area (Å²) in [6, 6.07) is 0. The molecule has 68 valence electrons. The Kier molecular flexibility index (Phi) is 1.90. The summed E-state index contributed by atoms with van der Waals surface area (Å²) < 4.78 is 1.94. The molecule has 4 heteroatoms. The number of rotatable bonds is 1.